The maximum Gasteiger partial charge on any atom is 0.225 e. The van der Waals surface area contributed by atoms with Crippen LogP contribution < -0.4 is 5.32 Å². The minimum Gasteiger partial charge on any atom is -0.359 e. The molecule has 1 saturated heterocycles. The maximum absolute atomic E-state index is 12.6. The van der Waals surface area contributed by atoms with Crippen molar-refractivity contribution in [1.82, 2.24) is 24.7 Å². The second-order valence-corrected chi connectivity index (χ2v) is 6.05. The Morgan fingerprint density at radius 3 is 2.83 bits per heavy atom. The van der Waals surface area contributed by atoms with Gasteiger partial charge in [0, 0.05) is 65.0 Å². The first-order valence-corrected chi connectivity index (χ1v) is 8.23. The monoisotopic (exact) mass is 321 g/mol. The van der Waals surface area contributed by atoms with Crippen LogP contribution in [0.2, 0.25) is 0 Å². The van der Waals surface area contributed by atoms with Crippen molar-refractivity contribution in [2.45, 2.75) is 26.3 Å². The summed E-state index contributed by atoms with van der Waals surface area (Å²) in [4.78, 5) is 32.7. The van der Waals surface area contributed by atoms with Crippen molar-refractivity contribution >= 4 is 11.8 Å². The Morgan fingerprint density at radius 1 is 1.35 bits per heavy atom. The predicted octanol–water partition coefficient (Wildman–Crippen LogP) is -0.0282. The summed E-state index contributed by atoms with van der Waals surface area (Å²) in [5, 5.41) is 2.70. The third-order valence-corrected chi connectivity index (χ3v) is 4.38. The van der Waals surface area contributed by atoms with Crippen molar-refractivity contribution < 1.29 is 9.59 Å². The van der Waals surface area contributed by atoms with Gasteiger partial charge in [0.05, 0.1) is 5.92 Å². The van der Waals surface area contributed by atoms with Gasteiger partial charge < -0.3 is 19.7 Å². The summed E-state index contributed by atoms with van der Waals surface area (Å²) in [6, 6.07) is 0. The van der Waals surface area contributed by atoms with E-state index in [2.05, 4.69) is 22.1 Å². The first-order valence-electron chi connectivity index (χ1n) is 8.23. The molecule has 23 heavy (non-hydrogen) atoms. The van der Waals surface area contributed by atoms with E-state index in [-0.39, 0.29) is 17.7 Å². The molecule has 1 aliphatic rings. The number of aryl methyl sites for hydroxylation is 2. The average Bonchev–Trinajstić information content (AvgIpc) is 2.92. The van der Waals surface area contributed by atoms with E-state index in [9.17, 15) is 9.59 Å². The molecular weight excluding hydrogens is 294 g/mol. The summed E-state index contributed by atoms with van der Waals surface area (Å²) < 4.78 is 2.03. The lowest BCUT2D eigenvalue weighted by atomic mass is 10.1. The van der Waals surface area contributed by atoms with Crippen molar-refractivity contribution in [1.29, 1.82) is 0 Å². The lowest BCUT2D eigenvalue weighted by Crippen LogP contribution is -2.41. The van der Waals surface area contributed by atoms with Crippen LogP contribution in [0.3, 0.4) is 0 Å². The summed E-state index contributed by atoms with van der Waals surface area (Å²) in [5.74, 6) is 0.928. The molecule has 1 aromatic rings. The molecule has 1 aromatic heterocycles. The van der Waals surface area contributed by atoms with Gasteiger partial charge in [-0.05, 0) is 7.05 Å². The predicted molar refractivity (Wildman–Crippen MR) is 87.9 cm³/mol. The Balaban J connectivity index is 1.95. The Hall–Kier alpha value is -1.89. The highest BCUT2D eigenvalue weighted by Gasteiger charge is 2.28. The summed E-state index contributed by atoms with van der Waals surface area (Å²) in [7, 11) is 3.63. The fourth-order valence-electron chi connectivity index (χ4n) is 3.00. The van der Waals surface area contributed by atoms with Crippen molar-refractivity contribution in [2.24, 2.45) is 5.92 Å². The average molecular weight is 321 g/mol. The van der Waals surface area contributed by atoms with Gasteiger partial charge in [-0.15, -0.1) is 0 Å². The highest BCUT2D eigenvalue weighted by atomic mass is 16.2. The molecule has 7 heteroatoms. The number of likely N-dealkylation sites (N-methyl/N-ethyl adjacent to an activating group) is 1. The molecule has 1 atom stereocenters. The highest BCUT2D eigenvalue weighted by molar-refractivity contribution is 5.81. The molecule has 0 radical (unpaired) electrons. The van der Waals surface area contributed by atoms with Gasteiger partial charge in [-0.1, -0.05) is 6.92 Å². The lowest BCUT2D eigenvalue weighted by molar-refractivity contribution is -0.133. The van der Waals surface area contributed by atoms with Crippen LogP contribution in [0, 0.1) is 5.92 Å². The molecule has 0 saturated carbocycles. The number of nitrogens with zero attached hydrogens (tertiary/aromatic N) is 4. The number of hydrogen-bond acceptors (Lipinski definition) is 4. The number of carbonyl (C=O) groups excluding carboxylic acids is 2. The zero-order valence-corrected chi connectivity index (χ0v) is 14.3. The fourth-order valence-corrected chi connectivity index (χ4v) is 3.00. The van der Waals surface area contributed by atoms with Crippen LogP contribution in [0.1, 0.15) is 19.2 Å². The Morgan fingerprint density at radius 2 is 2.13 bits per heavy atom. The standard InChI is InChI=1S/C16H27N5O2/c1-4-14-18-6-8-20(14)7-5-15(22)21-10-9-19(3)11-13(12-21)16(23)17-2/h6,8,13H,4-5,7,9-12H2,1-3H3,(H,17,23)/t13-/m1/s1. The number of hydrogen-bond donors (Lipinski definition) is 1. The number of nitrogens with one attached hydrogen (secondary N) is 1. The molecule has 1 N–H and O–H groups in total. The van der Waals surface area contributed by atoms with E-state index in [0.29, 0.717) is 32.6 Å². The van der Waals surface area contributed by atoms with Gasteiger partial charge in [0.2, 0.25) is 11.8 Å². The van der Waals surface area contributed by atoms with Crippen LogP contribution in [-0.2, 0) is 22.6 Å². The largest absolute Gasteiger partial charge is 0.359 e. The van der Waals surface area contributed by atoms with Crippen LogP contribution in [0.25, 0.3) is 0 Å². The van der Waals surface area contributed by atoms with E-state index in [1.54, 1.807) is 13.2 Å². The van der Waals surface area contributed by atoms with E-state index in [0.717, 1.165) is 18.8 Å². The molecule has 0 bridgehead atoms. The van der Waals surface area contributed by atoms with E-state index in [1.165, 1.54) is 0 Å². The van der Waals surface area contributed by atoms with E-state index in [1.807, 2.05) is 22.7 Å². The topological polar surface area (TPSA) is 70.5 Å². The van der Waals surface area contributed by atoms with Crippen molar-refractivity contribution in [3.63, 3.8) is 0 Å². The van der Waals surface area contributed by atoms with Gasteiger partial charge in [0.25, 0.3) is 0 Å². The van der Waals surface area contributed by atoms with Crippen molar-refractivity contribution in [2.75, 3.05) is 40.3 Å². The first kappa shape index (κ1) is 17.5. The second kappa shape index (κ2) is 8.10. The molecule has 1 aliphatic heterocycles. The summed E-state index contributed by atoms with van der Waals surface area (Å²) in [5.41, 5.74) is 0. The Kier molecular flexibility index (Phi) is 6.15. The van der Waals surface area contributed by atoms with E-state index < -0.39 is 0 Å². The number of imidazole rings is 1. The molecule has 0 aromatic carbocycles. The third kappa shape index (κ3) is 4.54. The van der Waals surface area contributed by atoms with Crippen molar-refractivity contribution in [3.8, 4) is 0 Å². The van der Waals surface area contributed by atoms with Gasteiger partial charge in [-0.3, -0.25) is 9.59 Å². The molecule has 2 amide bonds. The number of aromatic nitrogens is 2. The van der Waals surface area contributed by atoms with Crippen LogP contribution in [0.15, 0.2) is 12.4 Å². The SMILES string of the molecule is CCc1nccn1CCC(=O)N1CCN(C)C[C@@H](C(=O)NC)C1. The van der Waals surface area contributed by atoms with Gasteiger partial charge in [-0.25, -0.2) is 4.98 Å². The quantitative estimate of drug-likeness (QED) is 0.827. The highest BCUT2D eigenvalue weighted by Crippen LogP contribution is 2.11. The van der Waals surface area contributed by atoms with Crippen LogP contribution in [-0.4, -0.2) is 71.4 Å². The molecule has 2 heterocycles. The normalized spacial score (nSPS) is 19.4. The van der Waals surface area contributed by atoms with Crippen LogP contribution in [0.4, 0.5) is 0 Å². The lowest BCUT2D eigenvalue weighted by Gasteiger charge is -2.23. The molecule has 0 unspecified atom stereocenters. The van der Waals surface area contributed by atoms with Gasteiger partial charge >= 0.3 is 0 Å². The molecule has 0 aliphatic carbocycles. The minimum absolute atomic E-state index is 0.000529. The van der Waals surface area contributed by atoms with Gasteiger partial charge in [0.15, 0.2) is 0 Å². The first-order chi connectivity index (χ1) is 11.0. The van der Waals surface area contributed by atoms with Crippen molar-refractivity contribution in [3.05, 3.63) is 18.2 Å². The van der Waals surface area contributed by atoms with E-state index in [4.69, 9.17) is 0 Å². The molecule has 2 rings (SSSR count). The molecular formula is C16H27N5O2. The summed E-state index contributed by atoms with van der Waals surface area (Å²) in [6.45, 7) is 5.34. The number of carbonyl (C=O) groups is 2. The minimum atomic E-state index is -0.170. The van der Waals surface area contributed by atoms with Gasteiger partial charge in [-0.2, -0.15) is 0 Å². The van der Waals surface area contributed by atoms with E-state index >= 15 is 0 Å². The van der Waals surface area contributed by atoms with Gasteiger partial charge in [0.1, 0.15) is 5.82 Å². The molecule has 128 valence electrons. The molecule has 1 fully saturated rings. The maximum atomic E-state index is 12.6. The number of amides is 2. The van der Waals surface area contributed by atoms with Crippen LogP contribution in [0.5, 0.6) is 0 Å². The summed E-state index contributed by atoms with van der Waals surface area (Å²) in [6.07, 6.45) is 4.98. The molecule has 0 spiro atoms. The summed E-state index contributed by atoms with van der Waals surface area (Å²) >= 11 is 0. The zero-order valence-electron chi connectivity index (χ0n) is 14.3. The zero-order chi connectivity index (χ0) is 16.8. The number of rotatable bonds is 5. The molecule has 7 nitrogen and oxygen atoms in total. The van der Waals surface area contributed by atoms with Crippen LogP contribution >= 0.6 is 0 Å². The second-order valence-electron chi connectivity index (χ2n) is 6.05. The fraction of sp³-hybridized carbons (Fsp3) is 0.688. The third-order valence-electron chi connectivity index (χ3n) is 4.38. The Labute approximate surface area is 137 Å². The Bertz CT molecular complexity index is 542. The smallest absolute Gasteiger partial charge is 0.225 e.